The predicted octanol–water partition coefficient (Wildman–Crippen LogP) is 1.58. The van der Waals surface area contributed by atoms with Crippen molar-refractivity contribution in [2.24, 2.45) is 11.3 Å². The summed E-state index contributed by atoms with van der Waals surface area (Å²) >= 11 is 0. The molecule has 0 radical (unpaired) electrons. The van der Waals surface area contributed by atoms with Crippen molar-refractivity contribution >= 4 is 5.78 Å². The van der Waals surface area contributed by atoms with Crippen LogP contribution in [0, 0.1) is 11.3 Å². The maximum atomic E-state index is 12.3. The SMILES string of the molecule is CC(C)(C)N[C@H]1CNC[C@@H]1C(=O)C(C)(C)C. The van der Waals surface area contributed by atoms with Crippen molar-refractivity contribution in [3.8, 4) is 0 Å². The number of hydrogen-bond acceptors (Lipinski definition) is 3. The lowest BCUT2D eigenvalue weighted by Gasteiger charge is -2.31. The highest BCUT2D eigenvalue weighted by Crippen LogP contribution is 2.25. The van der Waals surface area contributed by atoms with Gasteiger partial charge in [0.05, 0.1) is 0 Å². The number of ketones is 1. The quantitative estimate of drug-likeness (QED) is 0.751. The molecule has 2 N–H and O–H groups in total. The van der Waals surface area contributed by atoms with Crippen LogP contribution in [-0.2, 0) is 4.79 Å². The van der Waals surface area contributed by atoms with Gasteiger partial charge in [0.1, 0.15) is 5.78 Å². The second-order valence-electron chi connectivity index (χ2n) is 6.88. The van der Waals surface area contributed by atoms with Crippen LogP contribution in [0.15, 0.2) is 0 Å². The predicted molar refractivity (Wildman–Crippen MR) is 67.5 cm³/mol. The minimum atomic E-state index is -0.242. The van der Waals surface area contributed by atoms with Gasteiger partial charge >= 0.3 is 0 Å². The largest absolute Gasteiger partial charge is 0.314 e. The highest BCUT2D eigenvalue weighted by Gasteiger charge is 2.39. The first-order valence-corrected chi connectivity index (χ1v) is 6.14. The van der Waals surface area contributed by atoms with Crippen molar-refractivity contribution in [3.05, 3.63) is 0 Å². The molecule has 1 fully saturated rings. The number of carbonyl (C=O) groups is 1. The molecule has 0 spiro atoms. The summed E-state index contributed by atoms with van der Waals surface area (Å²) in [5.41, 5.74) is -0.179. The van der Waals surface area contributed by atoms with Crippen LogP contribution in [-0.4, -0.2) is 30.5 Å². The Morgan fingerprint density at radius 2 is 1.69 bits per heavy atom. The Morgan fingerprint density at radius 3 is 2.12 bits per heavy atom. The third kappa shape index (κ3) is 3.56. The Balaban J connectivity index is 2.70. The van der Waals surface area contributed by atoms with E-state index in [-0.39, 0.29) is 22.9 Å². The second-order valence-corrected chi connectivity index (χ2v) is 6.88. The van der Waals surface area contributed by atoms with Crippen LogP contribution < -0.4 is 10.6 Å². The summed E-state index contributed by atoms with van der Waals surface area (Å²) in [7, 11) is 0. The summed E-state index contributed by atoms with van der Waals surface area (Å²) in [6.45, 7) is 14.1. The summed E-state index contributed by atoms with van der Waals surface area (Å²) < 4.78 is 0. The minimum absolute atomic E-state index is 0.0626. The average molecular weight is 226 g/mol. The Morgan fingerprint density at radius 1 is 1.12 bits per heavy atom. The molecular formula is C13H26N2O. The van der Waals surface area contributed by atoms with E-state index in [0.717, 1.165) is 13.1 Å². The van der Waals surface area contributed by atoms with Crippen molar-refractivity contribution in [1.29, 1.82) is 0 Å². The Hall–Kier alpha value is -0.410. The molecule has 1 rings (SSSR count). The van der Waals surface area contributed by atoms with Crippen molar-refractivity contribution in [2.75, 3.05) is 13.1 Å². The number of Topliss-reactive ketones (excluding diaryl/α,β-unsaturated/α-hetero) is 1. The molecular weight excluding hydrogens is 200 g/mol. The molecule has 0 aromatic heterocycles. The fraction of sp³-hybridized carbons (Fsp3) is 0.923. The first kappa shape index (κ1) is 13.7. The van der Waals surface area contributed by atoms with E-state index in [0.29, 0.717) is 5.78 Å². The zero-order chi connectivity index (χ0) is 12.6. The highest BCUT2D eigenvalue weighted by molar-refractivity contribution is 5.87. The number of hydrogen-bond donors (Lipinski definition) is 2. The standard InChI is InChI=1S/C13H26N2O/c1-12(2,3)11(16)9-7-14-8-10(9)15-13(4,5)6/h9-10,14-15H,7-8H2,1-6H3/t9-,10-/m0/s1. The lowest BCUT2D eigenvalue weighted by atomic mass is 9.80. The van der Waals surface area contributed by atoms with Crippen LogP contribution in [0.1, 0.15) is 41.5 Å². The molecule has 1 heterocycles. The van der Waals surface area contributed by atoms with Crippen molar-refractivity contribution in [1.82, 2.24) is 10.6 Å². The third-order valence-electron chi connectivity index (χ3n) is 2.91. The normalized spacial score (nSPS) is 27.1. The van der Waals surface area contributed by atoms with Crippen molar-refractivity contribution in [3.63, 3.8) is 0 Å². The van der Waals surface area contributed by atoms with E-state index >= 15 is 0 Å². The average Bonchev–Trinajstić information content (AvgIpc) is 2.46. The van der Waals surface area contributed by atoms with Crippen LogP contribution in [0.5, 0.6) is 0 Å². The van der Waals surface area contributed by atoms with E-state index in [9.17, 15) is 4.79 Å². The monoisotopic (exact) mass is 226 g/mol. The van der Waals surface area contributed by atoms with Crippen molar-refractivity contribution < 1.29 is 4.79 Å². The summed E-state index contributed by atoms with van der Waals surface area (Å²) in [4.78, 5) is 12.3. The zero-order valence-electron chi connectivity index (χ0n) is 11.5. The van der Waals surface area contributed by atoms with Crippen LogP contribution in [0.25, 0.3) is 0 Å². The van der Waals surface area contributed by atoms with Gasteiger partial charge in [0, 0.05) is 36.0 Å². The van der Waals surface area contributed by atoms with Gasteiger partial charge in [-0.3, -0.25) is 4.79 Å². The summed E-state index contributed by atoms with van der Waals surface area (Å²) in [5.74, 6) is 0.471. The number of carbonyl (C=O) groups excluding carboxylic acids is 1. The zero-order valence-corrected chi connectivity index (χ0v) is 11.5. The van der Waals surface area contributed by atoms with Crippen molar-refractivity contribution in [2.45, 2.75) is 53.1 Å². The van der Waals surface area contributed by atoms with Crippen LogP contribution in [0.2, 0.25) is 0 Å². The molecule has 1 aliphatic heterocycles. The molecule has 3 heteroatoms. The van der Waals surface area contributed by atoms with E-state index in [2.05, 4.69) is 31.4 Å². The molecule has 1 saturated heterocycles. The Kier molecular flexibility index (Phi) is 3.80. The molecule has 16 heavy (non-hydrogen) atoms. The Labute approximate surface area is 99.4 Å². The smallest absolute Gasteiger partial charge is 0.144 e. The van der Waals surface area contributed by atoms with Gasteiger partial charge in [-0.1, -0.05) is 20.8 Å². The molecule has 1 aliphatic rings. The lowest BCUT2D eigenvalue weighted by Crippen LogP contribution is -2.50. The second kappa shape index (κ2) is 4.46. The topological polar surface area (TPSA) is 41.1 Å². The number of nitrogens with one attached hydrogen (secondary N) is 2. The van der Waals surface area contributed by atoms with E-state index in [1.165, 1.54) is 0 Å². The lowest BCUT2D eigenvalue weighted by molar-refractivity contribution is -0.130. The van der Waals surface area contributed by atoms with Crippen LogP contribution in [0.3, 0.4) is 0 Å². The van der Waals surface area contributed by atoms with Gasteiger partial charge in [0.2, 0.25) is 0 Å². The molecule has 3 nitrogen and oxygen atoms in total. The molecule has 2 atom stereocenters. The van der Waals surface area contributed by atoms with Gasteiger partial charge in [-0.15, -0.1) is 0 Å². The Bertz CT molecular complexity index is 260. The number of rotatable bonds is 2. The fourth-order valence-corrected chi connectivity index (χ4v) is 2.22. The van der Waals surface area contributed by atoms with Gasteiger partial charge < -0.3 is 10.6 Å². The third-order valence-corrected chi connectivity index (χ3v) is 2.91. The molecule has 0 aromatic rings. The maximum absolute atomic E-state index is 12.3. The maximum Gasteiger partial charge on any atom is 0.144 e. The molecule has 94 valence electrons. The van der Waals surface area contributed by atoms with Crippen LogP contribution >= 0.6 is 0 Å². The molecule has 0 aromatic carbocycles. The molecule has 0 unspecified atom stereocenters. The fourth-order valence-electron chi connectivity index (χ4n) is 2.22. The van der Waals surface area contributed by atoms with Gasteiger partial charge in [-0.05, 0) is 20.8 Å². The summed E-state index contributed by atoms with van der Waals surface area (Å²) in [6.07, 6.45) is 0. The van der Waals surface area contributed by atoms with E-state index in [1.54, 1.807) is 0 Å². The van der Waals surface area contributed by atoms with E-state index < -0.39 is 0 Å². The highest BCUT2D eigenvalue weighted by atomic mass is 16.1. The van der Waals surface area contributed by atoms with Gasteiger partial charge in [0.25, 0.3) is 0 Å². The van der Waals surface area contributed by atoms with Gasteiger partial charge in [0.15, 0.2) is 0 Å². The van der Waals surface area contributed by atoms with Gasteiger partial charge in [-0.25, -0.2) is 0 Å². The van der Waals surface area contributed by atoms with E-state index in [4.69, 9.17) is 0 Å². The van der Waals surface area contributed by atoms with Gasteiger partial charge in [-0.2, -0.15) is 0 Å². The summed E-state index contributed by atoms with van der Waals surface area (Å²) in [6, 6.07) is 0.270. The molecule has 0 saturated carbocycles. The first-order chi connectivity index (χ1) is 7.11. The minimum Gasteiger partial charge on any atom is -0.314 e. The molecule has 0 aliphatic carbocycles. The van der Waals surface area contributed by atoms with Crippen LogP contribution in [0.4, 0.5) is 0 Å². The molecule has 0 amide bonds. The first-order valence-electron chi connectivity index (χ1n) is 6.14. The van der Waals surface area contributed by atoms with E-state index in [1.807, 2.05) is 20.8 Å². The summed E-state index contributed by atoms with van der Waals surface area (Å²) in [5, 5.41) is 6.85. The molecule has 0 bridgehead atoms.